The smallest absolute Gasteiger partial charge is 0.303 e. The molecule has 1 amide bonds. The van der Waals surface area contributed by atoms with Crippen molar-refractivity contribution in [1.29, 1.82) is 0 Å². The largest absolute Gasteiger partial charge is 0.493 e. The highest BCUT2D eigenvalue weighted by atomic mass is 35.5. The molecule has 7 heteroatoms. The van der Waals surface area contributed by atoms with Gasteiger partial charge in [0.1, 0.15) is 6.61 Å². The zero-order valence-electron chi connectivity index (χ0n) is 14.3. The number of rotatable bonds is 9. The third kappa shape index (κ3) is 5.97. The lowest BCUT2D eigenvalue weighted by atomic mass is 10.1. The maximum Gasteiger partial charge on any atom is 0.303 e. The number of nitrogens with one attached hydrogen (secondary N) is 1. The average Bonchev–Trinajstić information content (AvgIpc) is 2.64. The molecule has 138 valence electrons. The van der Waals surface area contributed by atoms with Gasteiger partial charge in [0.25, 0.3) is 0 Å². The molecule has 2 N–H and O–H groups in total. The Labute approximate surface area is 156 Å². The number of methoxy groups -OCH3 is 1. The van der Waals surface area contributed by atoms with Crippen LogP contribution in [0, 0.1) is 0 Å². The summed E-state index contributed by atoms with van der Waals surface area (Å²) in [5.41, 5.74) is 1.68. The van der Waals surface area contributed by atoms with Crippen molar-refractivity contribution < 1.29 is 24.2 Å². The van der Waals surface area contributed by atoms with Crippen molar-refractivity contribution in [2.24, 2.45) is 0 Å². The molecule has 2 aromatic rings. The Bertz CT molecular complexity index is 761. The van der Waals surface area contributed by atoms with Crippen LogP contribution in [0.5, 0.6) is 11.5 Å². The van der Waals surface area contributed by atoms with Crippen LogP contribution in [0.25, 0.3) is 0 Å². The minimum Gasteiger partial charge on any atom is -0.493 e. The van der Waals surface area contributed by atoms with E-state index in [1.54, 1.807) is 31.4 Å². The minimum atomic E-state index is -1.01. The summed E-state index contributed by atoms with van der Waals surface area (Å²) in [6.07, 6.45) is -0.274. The second kappa shape index (κ2) is 9.68. The molecule has 26 heavy (non-hydrogen) atoms. The normalized spacial score (nSPS) is 10.2. The van der Waals surface area contributed by atoms with Gasteiger partial charge in [0.05, 0.1) is 13.5 Å². The highest BCUT2D eigenvalue weighted by Gasteiger charge is 2.12. The third-order valence-corrected chi connectivity index (χ3v) is 3.87. The number of hydrogen-bond acceptors (Lipinski definition) is 4. The molecule has 0 saturated carbocycles. The first-order valence-electron chi connectivity index (χ1n) is 8.01. The van der Waals surface area contributed by atoms with Crippen LogP contribution in [-0.4, -0.2) is 24.1 Å². The van der Waals surface area contributed by atoms with E-state index in [1.165, 1.54) is 0 Å². The van der Waals surface area contributed by atoms with Crippen molar-refractivity contribution in [1.82, 2.24) is 5.32 Å². The van der Waals surface area contributed by atoms with Gasteiger partial charge in [-0.2, -0.15) is 0 Å². The van der Waals surface area contributed by atoms with E-state index >= 15 is 0 Å². The second-order valence-electron chi connectivity index (χ2n) is 5.53. The van der Waals surface area contributed by atoms with Gasteiger partial charge >= 0.3 is 5.97 Å². The fraction of sp³-hybridized carbons (Fsp3) is 0.263. The van der Waals surface area contributed by atoms with Crippen LogP contribution >= 0.6 is 11.6 Å². The fourth-order valence-electron chi connectivity index (χ4n) is 2.26. The molecule has 0 fully saturated rings. The highest BCUT2D eigenvalue weighted by molar-refractivity contribution is 6.30. The van der Waals surface area contributed by atoms with E-state index in [9.17, 15) is 9.59 Å². The van der Waals surface area contributed by atoms with E-state index in [0.29, 0.717) is 23.1 Å². The number of benzene rings is 2. The van der Waals surface area contributed by atoms with Crippen LogP contribution in [-0.2, 0) is 22.7 Å². The zero-order valence-corrected chi connectivity index (χ0v) is 15.1. The van der Waals surface area contributed by atoms with Gasteiger partial charge in [0, 0.05) is 23.6 Å². The highest BCUT2D eigenvalue weighted by Crippen LogP contribution is 2.32. The fourth-order valence-corrected chi connectivity index (χ4v) is 2.39. The molecule has 0 aliphatic rings. The molecule has 0 atom stereocenters. The molecule has 0 radical (unpaired) electrons. The van der Waals surface area contributed by atoms with Gasteiger partial charge in [-0.25, -0.2) is 0 Å². The van der Waals surface area contributed by atoms with Crippen molar-refractivity contribution >= 4 is 23.5 Å². The van der Waals surface area contributed by atoms with Crippen LogP contribution < -0.4 is 14.8 Å². The van der Waals surface area contributed by atoms with Crippen LogP contribution in [0.2, 0.25) is 5.02 Å². The van der Waals surface area contributed by atoms with Crippen molar-refractivity contribution in [3.05, 3.63) is 58.6 Å². The average molecular weight is 378 g/mol. The zero-order chi connectivity index (χ0) is 18.9. The summed E-state index contributed by atoms with van der Waals surface area (Å²) < 4.78 is 11.2. The number of carboxylic acid groups (broad SMARTS) is 1. The summed E-state index contributed by atoms with van der Waals surface area (Å²) in [5, 5.41) is 12.0. The SMILES string of the molecule is COc1cccc(CNC(=O)CCC(=O)O)c1OCc1ccc(Cl)cc1. The molecular formula is C19H20ClNO5. The van der Waals surface area contributed by atoms with Gasteiger partial charge < -0.3 is 19.9 Å². The predicted molar refractivity (Wildman–Crippen MR) is 97.5 cm³/mol. The summed E-state index contributed by atoms with van der Waals surface area (Å²) >= 11 is 5.88. The molecule has 0 aromatic heterocycles. The summed E-state index contributed by atoms with van der Waals surface area (Å²) in [4.78, 5) is 22.3. The molecule has 2 aromatic carbocycles. The molecule has 0 saturated heterocycles. The summed E-state index contributed by atoms with van der Waals surface area (Å²) in [6.45, 7) is 0.531. The molecule has 6 nitrogen and oxygen atoms in total. The number of hydrogen-bond donors (Lipinski definition) is 2. The first-order chi connectivity index (χ1) is 12.5. The van der Waals surface area contributed by atoms with Gasteiger partial charge in [0.2, 0.25) is 5.91 Å². The minimum absolute atomic E-state index is 0.0692. The number of ether oxygens (including phenoxy) is 2. The monoisotopic (exact) mass is 377 g/mol. The molecule has 0 spiro atoms. The quantitative estimate of drug-likeness (QED) is 0.699. The molecular weight excluding hydrogens is 358 g/mol. The predicted octanol–water partition coefficient (Wildman–Crippen LogP) is 3.41. The Morgan fingerprint density at radius 3 is 2.50 bits per heavy atom. The van der Waals surface area contributed by atoms with Gasteiger partial charge in [0.15, 0.2) is 11.5 Å². The van der Waals surface area contributed by atoms with Crippen LogP contribution in [0.3, 0.4) is 0 Å². The number of amides is 1. The van der Waals surface area contributed by atoms with Crippen LogP contribution in [0.4, 0.5) is 0 Å². The number of para-hydroxylation sites is 1. The lowest BCUT2D eigenvalue weighted by Crippen LogP contribution is -2.23. The topological polar surface area (TPSA) is 84.9 Å². The summed E-state index contributed by atoms with van der Waals surface area (Å²) in [7, 11) is 1.54. The molecule has 0 bridgehead atoms. The van der Waals surface area contributed by atoms with Crippen molar-refractivity contribution in [2.45, 2.75) is 26.0 Å². The van der Waals surface area contributed by atoms with E-state index < -0.39 is 5.97 Å². The first-order valence-corrected chi connectivity index (χ1v) is 8.39. The molecule has 2 rings (SSSR count). The molecule has 0 unspecified atom stereocenters. The lowest BCUT2D eigenvalue weighted by Gasteiger charge is -2.15. The Kier molecular flexibility index (Phi) is 7.29. The summed E-state index contributed by atoms with van der Waals surface area (Å²) in [6, 6.07) is 12.7. The molecule has 0 aliphatic carbocycles. The molecule has 0 aliphatic heterocycles. The Hall–Kier alpha value is -2.73. The lowest BCUT2D eigenvalue weighted by molar-refractivity contribution is -0.138. The van der Waals surface area contributed by atoms with E-state index in [4.69, 9.17) is 26.2 Å². The standard InChI is InChI=1S/C19H20ClNO5/c1-25-16-4-2-3-14(11-21-17(22)9-10-18(23)24)19(16)26-12-13-5-7-15(20)8-6-13/h2-8H,9-12H2,1H3,(H,21,22)(H,23,24). The number of carbonyl (C=O) groups excluding carboxylic acids is 1. The van der Waals surface area contributed by atoms with Crippen molar-refractivity contribution in [3.63, 3.8) is 0 Å². The van der Waals surface area contributed by atoms with Crippen LogP contribution in [0.15, 0.2) is 42.5 Å². The van der Waals surface area contributed by atoms with Gasteiger partial charge in [-0.05, 0) is 23.8 Å². The van der Waals surface area contributed by atoms with Crippen molar-refractivity contribution in [3.8, 4) is 11.5 Å². The Balaban J connectivity index is 2.05. The maximum absolute atomic E-state index is 11.7. The van der Waals surface area contributed by atoms with E-state index in [-0.39, 0.29) is 25.3 Å². The van der Waals surface area contributed by atoms with Gasteiger partial charge in [-0.3, -0.25) is 9.59 Å². The van der Waals surface area contributed by atoms with Crippen molar-refractivity contribution in [2.75, 3.05) is 7.11 Å². The van der Waals surface area contributed by atoms with Gasteiger partial charge in [-0.1, -0.05) is 35.9 Å². The number of carboxylic acids is 1. The van der Waals surface area contributed by atoms with E-state index in [2.05, 4.69) is 5.32 Å². The number of aliphatic carboxylic acids is 1. The second-order valence-corrected chi connectivity index (χ2v) is 5.97. The third-order valence-electron chi connectivity index (χ3n) is 3.62. The Morgan fingerprint density at radius 1 is 1.12 bits per heavy atom. The first kappa shape index (κ1) is 19.6. The van der Waals surface area contributed by atoms with E-state index in [0.717, 1.165) is 11.1 Å². The van der Waals surface area contributed by atoms with Gasteiger partial charge in [-0.15, -0.1) is 0 Å². The van der Waals surface area contributed by atoms with E-state index in [1.807, 2.05) is 18.2 Å². The number of carbonyl (C=O) groups is 2. The molecule has 0 heterocycles. The summed E-state index contributed by atoms with van der Waals surface area (Å²) in [5.74, 6) is -0.257. The number of halogens is 1. The maximum atomic E-state index is 11.7. The Morgan fingerprint density at radius 2 is 1.85 bits per heavy atom. The van der Waals surface area contributed by atoms with Crippen LogP contribution in [0.1, 0.15) is 24.0 Å².